The number of nitrogens with zero attached hydrogens (tertiary/aromatic N) is 5. The highest BCUT2D eigenvalue weighted by molar-refractivity contribution is 5.76. The summed E-state index contributed by atoms with van der Waals surface area (Å²) in [5.74, 6) is -0.406. The molecule has 0 bridgehead atoms. The van der Waals surface area contributed by atoms with Crippen LogP contribution in [0.3, 0.4) is 0 Å². The molecule has 0 atom stereocenters. The maximum absolute atomic E-state index is 15.5. The van der Waals surface area contributed by atoms with Gasteiger partial charge in [-0.25, -0.2) is 14.2 Å². The van der Waals surface area contributed by atoms with Gasteiger partial charge in [-0.3, -0.25) is 18.9 Å². The van der Waals surface area contributed by atoms with E-state index in [1.54, 1.807) is 41.9 Å². The Kier molecular flexibility index (Phi) is 6.80. The van der Waals surface area contributed by atoms with Gasteiger partial charge in [0, 0.05) is 57.4 Å². The zero-order valence-electron chi connectivity index (χ0n) is 20.5. The minimum absolute atomic E-state index is 0.102. The number of benzene rings is 1. The van der Waals surface area contributed by atoms with E-state index >= 15 is 4.39 Å². The Morgan fingerprint density at radius 1 is 0.943 bits per heavy atom. The molecule has 0 unspecified atom stereocenters. The lowest BCUT2D eigenvalue weighted by Gasteiger charge is -2.35. The summed E-state index contributed by atoms with van der Waals surface area (Å²) in [6.45, 7) is 7.54. The van der Waals surface area contributed by atoms with E-state index in [9.17, 15) is 18.0 Å². The van der Waals surface area contributed by atoms with Crippen molar-refractivity contribution in [1.82, 2.24) is 23.9 Å². The summed E-state index contributed by atoms with van der Waals surface area (Å²) in [7, 11) is 1.66. The lowest BCUT2D eigenvalue weighted by atomic mass is 9.97. The van der Waals surface area contributed by atoms with Crippen molar-refractivity contribution in [1.29, 1.82) is 0 Å². The molecule has 4 rings (SSSR count). The second-order valence-corrected chi connectivity index (χ2v) is 10.5. The molecule has 0 aliphatic carbocycles. The van der Waals surface area contributed by atoms with E-state index in [1.165, 1.54) is 9.47 Å². The van der Waals surface area contributed by atoms with Crippen molar-refractivity contribution in [2.75, 3.05) is 32.7 Å². The van der Waals surface area contributed by atoms with Crippen molar-refractivity contribution in [2.45, 2.75) is 40.0 Å². The van der Waals surface area contributed by atoms with Gasteiger partial charge in [-0.1, -0.05) is 32.9 Å². The number of hydrogen-bond acceptors (Lipinski definition) is 4. The van der Waals surface area contributed by atoms with Crippen LogP contribution in [0.15, 0.2) is 35.1 Å². The molecular weight excluding hydrogens is 462 g/mol. The second-order valence-electron chi connectivity index (χ2n) is 10.5. The fraction of sp³-hybridized carbons (Fsp3) is 0.520. The lowest BCUT2D eigenvalue weighted by molar-refractivity contribution is -0.149. The van der Waals surface area contributed by atoms with Crippen molar-refractivity contribution in [3.05, 3.63) is 52.2 Å². The number of piperazine rings is 1. The normalized spacial score (nSPS) is 16.3. The SMILES string of the molecule is Cn1c(=O)n(CC(C)(C)C)c2ccc(-c3cccc(CN4CCN(CC(F)(F)F)CC4)c3F)nc21. The Morgan fingerprint density at radius 3 is 2.23 bits per heavy atom. The van der Waals surface area contributed by atoms with Gasteiger partial charge in [-0.2, -0.15) is 13.2 Å². The van der Waals surface area contributed by atoms with Gasteiger partial charge < -0.3 is 0 Å². The Morgan fingerprint density at radius 2 is 1.60 bits per heavy atom. The Hall–Kier alpha value is -2.72. The third kappa shape index (κ3) is 5.75. The number of halogens is 4. The molecule has 3 heterocycles. The molecule has 1 saturated heterocycles. The summed E-state index contributed by atoms with van der Waals surface area (Å²) in [6.07, 6.45) is -4.21. The quantitative estimate of drug-likeness (QED) is 0.498. The van der Waals surface area contributed by atoms with Crippen molar-refractivity contribution in [2.24, 2.45) is 12.5 Å². The molecule has 1 fully saturated rings. The summed E-state index contributed by atoms with van der Waals surface area (Å²) in [5.41, 5.74) is 2.14. The van der Waals surface area contributed by atoms with E-state index in [0.29, 0.717) is 67.3 Å². The molecule has 1 aromatic carbocycles. The van der Waals surface area contributed by atoms with E-state index in [2.05, 4.69) is 25.8 Å². The van der Waals surface area contributed by atoms with E-state index < -0.39 is 18.5 Å². The van der Waals surface area contributed by atoms with Crippen LogP contribution in [0.25, 0.3) is 22.4 Å². The first-order valence-corrected chi connectivity index (χ1v) is 11.7. The van der Waals surface area contributed by atoms with Gasteiger partial charge in [0.1, 0.15) is 5.82 Å². The molecule has 3 aromatic rings. The zero-order valence-corrected chi connectivity index (χ0v) is 20.5. The van der Waals surface area contributed by atoms with Gasteiger partial charge in [-0.15, -0.1) is 0 Å². The average molecular weight is 494 g/mol. The van der Waals surface area contributed by atoms with E-state index in [0.717, 1.165) is 0 Å². The van der Waals surface area contributed by atoms with Crippen LogP contribution in [0, 0.1) is 11.2 Å². The molecular formula is C25H31F4N5O. The van der Waals surface area contributed by atoms with Gasteiger partial charge >= 0.3 is 11.9 Å². The van der Waals surface area contributed by atoms with Crippen LogP contribution in [0.1, 0.15) is 26.3 Å². The van der Waals surface area contributed by atoms with Crippen LogP contribution in [0.5, 0.6) is 0 Å². The average Bonchev–Trinajstić information content (AvgIpc) is 2.99. The summed E-state index contributed by atoms with van der Waals surface area (Å²) >= 11 is 0. The number of aromatic nitrogens is 3. The minimum Gasteiger partial charge on any atom is -0.296 e. The van der Waals surface area contributed by atoms with Crippen molar-refractivity contribution in [3.8, 4) is 11.3 Å². The van der Waals surface area contributed by atoms with Gasteiger partial charge in [0.25, 0.3) is 0 Å². The molecule has 1 aliphatic heterocycles. The summed E-state index contributed by atoms with van der Waals surface area (Å²) in [6, 6.07) is 8.62. The van der Waals surface area contributed by atoms with Crippen LogP contribution in [0.2, 0.25) is 0 Å². The van der Waals surface area contributed by atoms with Gasteiger partial charge in [-0.05, 0) is 23.6 Å². The zero-order chi connectivity index (χ0) is 25.5. The van der Waals surface area contributed by atoms with Crippen LogP contribution >= 0.6 is 0 Å². The monoisotopic (exact) mass is 493 g/mol. The number of pyridine rings is 1. The predicted molar refractivity (Wildman–Crippen MR) is 128 cm³/mol. The highest BCUT2D eigenvalue weighted by atomic mass is 19.4. The third-order valence-electron chi connectivity index (χ3n) is 6.23. The van der Waals surface area contributed by atoms with Crippen LogP contribution < -0.4 is 5.69 Å². The van der Waals surface area contributed by atoms with E-state index in [1.807, 2.05) is 4.90 Å². The van der Waals surface area contributed by atoms with Crippen molar-refractivity contribution in [3.63, 3.8) is 0 Å². The van der Waals surface area contributed by atoms with Crippen LogP contribution in [-0.2, 0) is 20.1 Å². The topological polar surface area (TPSA) is 46.3 Å². The molecule has 0 radical (unpaired) electrons. The maximum atomic E-state index is 15.5. The highest BCUT2D eigenvalue weighted by Crippen LogP contribution is 2.27. The fourth-order valence-corrected chi connectivity index (χ4v) is 4.55. The maximum Gasteiger partial charge on any atom is 0.401 e. The lowest BCUT2D eigenvalue weighted by Crippen LogP contribution is -2.48. The van der Waals surface area contributed by atoms with Gasteiger partial charge in [0.05, 0.1) is 17.8 Å². The van der Waals surface area contributed by atoms with E-state index in [-0.39, 0.29) is 11.1 Å². The molecule has 35 heavy (non-hydrogen) atoms. The number of rotatable bonds is 5. The molecule has 0 saturated carbocycles. The van der Waals surface area contributed by atoms with Crippen molar-refractivity contribution < 1.29 is 17.6 Å². The van der Waals surface area contributed by atoms with E-state index in [4.69, 9.17) is 0 Å². The molecule has 0 amide bonds. The molecule has 0 spiro atoms. The van der Waals surface area contributed by atoms with Crippen LogP contribution in [0.4, 0.5) is 17.6 Å². The first-order chi connectivity index (χ1) is 16.3. The van der Waals surface area contributed by atoms with Crippen LogP contribution in [-0.4, -0.2) is 62.8 Å². The molecule has 6 nitrogen and oxygen atoms in total. The smallest absolute Gasteiger partial charge is 0.296 e. The number of imidazole rings is 1. The number of alkyl halides is 3. The molecule has 190 valence electrons. The summed E-state index contributed by atoms with van der Waals surface area (Å²) in [5, 5.41) is 0. The minimum atomic E-state index is -4.21. The molecule has 1 aliphatic rings. The number of aryl methyl sites for hydroxylation is 1. The van der Waals surface area contributed by atoms with Gasteiger partial charge in [0.15, 0.2) is 5.65 Å². The standard InChI is InChI=1S/C25H31F4N5O/c1-24(2,3)15-34-20-9-8-19(30-22(20)31(4)23(34)35)18-7-5-6-17(21(18)26)14-32-10-12-33(13-11-32)16-25(27,28)29/h5-9H,10-16H2,1-4H3. The number of hydrogen-bond donors (Lipinski definition) is 0. The second kappa shape index (κ2) is 9.39. The first-order valence-electron chi connectivity index (χ1n) is 11.7. The largest absolute Gasteiger partial charge is 0.401 e. The Bertz CT molecular complexity index is 1260. The molecule has 10 heteroatoms. The highest BCUT2D eigenvalue weighted by Gasteiger charge is 2.32. The molecule has 0 N–H and O–H groups in total. The Balaban J connectivity index is 1.56. The summed E-state index contributed by atoms with van der Waals surface area (Å²) < 4.78 is 56.6. The summed E-state index contributed by atoms with van der Waals surface area (Å²) in [4.78, 5) is 20.8. The van der Waals surface area contributed by atoms with Gasteiger partial charge in [0.2, 0.25) is 0 Å². The third-order valence-corrected chi connectivity index (χ3v) is 6.23. The molecule has 2 aromatic heterocycles. The predicted octanol–water partition coefficient (Wildman–Crippen LogP) is 4.27. The first kappa shape index (κ1) is 25.4. The number of fused-ring (bicyclic) bond motifs is 1. The van der Waals surface area contributed by atoms with Crippen molar-refractivity contribution >= 4 is 11.2 Å². The Labute approximate surface area is 201 Å². The fourth-order valence-electron chi connectivity index (χ4n) is 4.55.